The fourth-order valence-electron chi connectivity index (χ4n) is 4.49. The summed E-state index contributed by atoms with van der Waals surface area (Å²) < 4.78 is 23.8. The summed E-state index contributed by atoms with van der Waals surface area (Å²) in [6.45, 7) is 0. The van der Waals surface area contributed by atoms with Gasteiger partial charge in [-0.3, -0.25) is 0 Å². The van der Waals surface area contributed by atoms with E-state index >= 15 is 0 Å². The Morgan fingerprint density at radius 2 is 0.844 bits per heavy atom. The van der Waals surface area contributed by atoms with Gasteiger partial charge < -0.3 is 28.9 Å². The lowest BCUT2D eigenvalue weighted by molar-refractivity contribution is 0.333. The molecule has 0 amide bonds. The highest BCUT2D eigenvalue weighted by molar-refractivity contribution is 6.06. The van der Waals surface area contributed by atoms with Crippen molar-refractivity contribution in [3.8, 4) is 45.3 Å². The molecule has 0 radical (unpaired) electrons. The van der Waals surface area contributed by atoms with E-state index in [4.69, 9.17) is 18.9 Å². The van der Waals surface area contributed by atoms with E-state index in [1.54, 1.807) is 28.4 Å². The molecule has 0 spiro atoms. The number of hydrogen-bond acceptors (Lipinski definition) is 4. The van der Waals surface area contributed by atoms with Crippen LogP contribution in [0.4, 0.5) is 0 Å². The lowest BCUT2D eigenvalue weighted by Crippen LogP contribution is -2.02. The average molecular weight is 428 g/mol. The summed E-state index contributed by atoms with van der Waals surface area (Å²) in [7, 11) is 6.56. The van der Waals surface area contributed by atoms with Crippen molar-refractivity contribution >= 4 is 21.8 Å². The van der Waals surface area contributed by atoms with Gasteiger partial charge in [-0.2, -0.15) is 0 Å². The number of H-pyrrole nitrogens is 2. The third-order valence-corrected chi connectivity index (χ3v) is 5.85. The van der Waals surface area contributed by atoms with Crippen LogP contribution >= 0.6 is 0 Å². The molecule has 0 atom stereocenters. The van der Waals surface area contributed by atoms with Gasteiger partial charge in [-0.15, -0.1) is 0 Å². The second kappa shape index (κ2) is 7.89. The molecule has 0 fully saturated rings. The maximum absolute atomic E-state index is 5.95. The molecule has 2 aromatic heterocycles. The summed E-state index contributed by atoms with van der Waals surface area (Å²) >= 11 is 0. The number of aromatic nitrogens is 2. The van der Waals surface area contributed by atoms with Gasteiger partial charge in [0, 0.05) is 45.3 Å². The van der Waals surface area contributed by atoms with Crippen molar-refractivity contribution in [3.05, 3.63) is 60.9 Å². The average Bonchev–Trinajstić information content (AvgIpc) is 3.46. The van der Waals surface area contributed by atoms with Gasteiger partial charge in [-0.05, 0) is 12.1 Å². The van der Waals surface area contributed by atoms with E-state index in [0.29, 0.717) is 23.0 Å². The van der Waals surface area contributed by atoms with Gasteiger partial charge in [0.15, 0.2) is 23.0 Å². The summed E-state index contributed by atoms with van der Waals surface area (Å²) in [6.07, 6.45) is 3.91. The minimum absolute atomic E-state index is 0.579. The summed E-state index contributed by atoms with van der Waals surface area (Å²) in [5, 5.41) is 2.10. The Kier molecular flexibility index (Phi) is 4.90. The first kappa shape index (κ1) is 19.9. The van der Waals surface area contributed by atoms with E-state index < -0.39 is 0 Å². The van der Waals surface area contributed by atoms with Crippen molar-refractivity contribution in [2.75, 3.05) is 28.4 Å². The smallest absolute Gasteiger partial charge is 0.173 e. The van der Waals surface area contributed by atoms with Gasteiger partial charge in [-0.25, -0.2) is 0 Å². The maximum atomic E-state index is 5.95. The Morgan fingerprint density at radius 3 is 1.19 bits per heavy atom. The second-order valence-corrected chi connectivity index (χ2v) is 7.38. The van der Waals surface area contributed by atoms with E-state index in [1.165, 1.54) is 0 Å². The predicted octanol–water partition coefficient (Wildman–Crippen LogP) is 6.02. The van der Waals surface area contributed by atoms with Crippen LogP contribution in [-0.2, 0) is 0 Å². The summed E-state index contributed by atoms with van der Waals surface area (Å²) in [6, 6.07) is 16.2. The zero-order chi connectivity index (χ0) is 22.2. The number of methoxy groups -OCH3 is 4. The predicted molar refractivity (Wildman–Crippen MR) is 127 cm³/mol. The number of fused-ring (bicyclic) bond motifs is 2. The van der Waals surface area contributed by atoms with Crippen LogP contribution < -0.4 is 18.9 Å². The van der Waals surface area contributed by atoms with Crippen LogP contribution in [0.2, 0.25) is 0 Å². The quantitative estimate of drug-likeness (QED) is 0.347. The molecule has 2 heterocycles. The molecule has 0 bridgehead atoms. The standard InChI is InChI=1S/C26H24N2O4/c1-29-23-21(17-13-27-19-11-7-5-9-15(17)19)25(31-3)26(32-4)22(24(23)30-2)18-14-28-20-12-8-6-10-16(18)20/h5-14,27-28H,1-4H3. The molecular formula is C26H24N2O4. The van der Waals surface area contributed by atoms with Gasteiger partial charge in [0.1, 0.15) is 0 Å². The van der Waals surface area contributed by atoms with Crippen LogP contribution in [0.15, 0.2) is 60.9 Å². The molecule has 0 aliphatic rings. The number of para-hydroxylation sites is 2. The topological polar surface area (TPSA) is 68.5 Å². The lowest BCUT2D eigenvalue weighted by Gasteiger charge is -2.23. The Hall–Kier alpha value is -4.06. The largest absolute Gasteiger partial charge is 0.492 e. The van der Waals surface area contributed by atoms with E-state index in [2.05, 4.69) is 22.1 Å². The van der Waals surface area contributed by atoms with Crippen molar-refractivity contribution in [3.63, 3.8) is 0 Å². The van der Waals surface area contributed by atoms with Gasteiger partial charge in [0.25, 0.3) is 0 Å². The normalized spacial score (nSPS) is 11.1. The fourth-order valence-corrected chi connectivity index (χ4v) is 4.49. The summed E-state index contributed by atoms with van der Waals surface area (Å²) in [5.74, 6) is 2.32. The van der Waals surface area contributed by atoms with Crippen LogP contribution in [0.5, 0.6) is 23.0 Å². The Labute approximate surface area is 185 Å². The minimum Gasteiger partial charge on any atom is -0.492 e. The number of rotatable bonds is 6. The fraction of sp³-hybridized carbons (Fsp3) is 0.154. The minimum atomic E-state index is 0.579. The molecule has 32 heavy (non-hydrogen) atoms. The molecule has 0 aliphatic heterocycles. The first-order valence-electron chi connectivity index (χ1n) is 10.3. The zero-order valence-electron chi connectivity index (χ0n) is 18.4. The third kappa shape index (κ3) is 2.80. The van der Waals surface area contributed by atoms with Gasteiger partial charge in [0.2, 0.25) is 0 Å². The zero-order valence-corrected chi connectivity index (χ0v) is 18.4. The molecule has 0 unspecified atom stereocenters. The number of hydrogen-bond donors (Lipinski definition) is 2. The van der Waals surface area contributed by atoms with Crippen molar-refractivity contribution in [1.82, 2.24) is 9.97 Å². The lowest BCUT2D eigenvalue weighted by atomic mass is 9.94. The SMILES string of the molecule is COc1c(OC)c(-c2c[nH]c3ccccc23)c(OC)c(OC)c1-c1c[nH]c2ccccc12. The Bertz CT molecular complexity index is 1290. The molecule has 5 aromatic rings. The van der Waals surface area contributed by atoms with Crippen LogP contribution in [-0.4, -0.2) is 38.4 Å². The highest BCUT2D eigenvalue weighted by Crippen LogP contribution is 2.58. The molecule has 2 N–H and O–H groups in total. The first-order chi connectivity index (χ1) is 15.7. The number of nitrogens with one attached hydrogen (secondary N) is 2. The molecule has 0 saturated carbocycles. The van der Waals surface area contributed by atoms with Crippen molar-refractivity contribution in [2.24, 2.45) is 0 Å². The van der Waals surface area contributed by atoms with Crippen LogP contribution in [0, 0.1) is 0 Å². The molecule has 162 valence electrons. The van der Waals surface area contributed by atoms with E-state index in [0.717, 1.165) is 44.1 Å². The highest BCUT2D eigenvalue weighted by Gasteiger charge is 2.31. The van der Waals surface area contributed by atoms with Crippen LogP contribution in [0.1, 0.15) is 0 Å². The first-order valence-corrected chi connectivity index (χ1v) is 10.3. The number of benzene rings is 3. The van der Waals surface area contributed by atoms with E-state index in [-0.39, 0.29) is 0 Å². The third-order valence-electron chi connectivity index (χ3n) is 5.85. The van der Waals surface area contributed by atoms with Gasteiger partial charge in [0.05, 0.1) is 39.6 Å². The van der Waals surface area contributed by atoms with E-state index in [9.17, 15) is 0 Å². The Morgan fingerprint density at radius 1 is 0.500 bits per heavy atom. The molecule has 3 aromatic carbocycles. The van der Waals surface area contributed by atoms with Crippen molar-refractivity contribution in [1.29, 1.82) is 0 Å². The highest BCUT2D eigenvalue weighted by atomic mass is 16.5. The Balaban J connectivity index is 1.92. The van der Waals surface area contributed by atoms with Crippen molar-refractivity contribution < 1.29 is 18.9 Å². The van der Waals surface area contributed by atoms with Gasteiger partial charge >= 0.3 is 0 Å². The number of aromatic amines is 2. The number of ether oxygens (including phenoxy) is 4. The molecule has 0 aliphatic carbocycles. The monoisotopic (exact) mass is 428 g/mol. The molecule has 6 heteroatoms. The van der Waals surface area contributed by atoms with E-state index in [1.807, 2.05) is 48.8 Å². The maximum Gasteiger partial charge on any atom is 0.173 e. The second-order valence-electron chi connectivity index (χ2n) is 7.38. The summed E-state index contributed by atoms with van der Waals surface area (Å²) in [4.78, 5) is 6.67. The van der Waals surface area contributed by atoms with Crippen LogP contribution in [0.3, 0.4) is 0 Å². The molecule has 6 nitrogen and oxygen atoms in total. The van der Waals surface area contributed by atoms with Gasteiger partial charge in [-0.1, -0.05) is 36.4 Å². The van der Waals surface area contributed by atoms with Crippen molar-refractivity contribution in [2.45, 2.75) is 0 Å². The molecular weight excluding hydrogens is 404 g/mol. The van der Waals surface area contributed by atoms with Crippen LogP contribution in [0.25, 0.3) is 44.1 Å². The summed E-state index contributed by atoms with van der Waals surface area (Å²) in [5.41, 5.74) is 5.46. The molecule has 5 rings (SSSR count). The molecule has 0 saturated heterocycles.